The first-order chi connectivity index (χ1) is 19.3. The van der Waals surface area contributed by atoms with Crippen LogP contribution in [0.5, 0.6) is 0 Å². The van der Waals surface area contributed by atoms with Crippen LogP contribution in [0.4, 0.5) is 5.82 Å². The minimum Gasteiger partial charge on any atom is -0.356 e. The Bertz CT molecular complexity index is 1480. The fourth-order valence-electron chi connectivity index (χ4n) is 6.39. The fourth-order valence-corrected chi connectivity index (χ4v) is 8.08. The van der Waals surface area contributed by atoms with Crippen LogP contribution in [0, 0.1) is 5.92 Å². The highest BCUT2D eigenvalue weighted by atomic mass is 32.2. The minimum atomic E-state index is -3.50. The molecule has 1 aliphatic carbocycles. The molecule has 1 N–H and O–H groups in total. The van der Waals surface area contributed by atoms with Crippen LogP contribution < -0.4 is 5.32 Å². The summed E-state index contributed by atoms with van der Waals surface area (Å²) in [5.74, 6) is 0.556. The number of likely N-dealkylation sites (tertiary alicyclic amines) is 1. The molecule has 1 amide bonds. The smallest absolute Gasteiger partial charge is 0.245 e. The summed E-state index contributed by atoms with van der Waals surface area (Å²) in [7, 11) is -1.38. The van der Waals surface area contributed by atoms with Gasteiger partial charge >= 0.3 is 0 Å². The van der Waals surface area contributed by atoms with E-state index in [0.717, 1.165) is 30.3 Å². The molecule has 1 saturated heterocycles. The van der Waals surface area contributed by atoms with Crippen molar-refractivity contribution in [1.82, 2.24) is 24.4 Å². The van der Waals surface area contributed by atoms with E-state index in [4.69, 9.17) is 0 Å². The number of amides is 1. The Morgan fingerprint density at radius 1 is 1.12 bits per heavy atom. The van der Waals surface area contributed by atoms with Gasteiger partial charge in [0, 0.05) is 30.9 Å². The van der Waals surface area contributed by atoms with Crippen molar-refractivity contribution in [2.24, 2.45) is 5.92 Å². The van der Waals surface area contributed by atoms with E-state index in [1.807, 2.05) is 21.7 Å². The van der Waals surface area contributed by atoms with Crippen molar-refractivity contribution < 1.29 is 13.2 Å². The number of carbonyl (C=O) groups excluding carboxylic acids is 1. The Balaban J connectivity index is 1.37. The van der Waals surface area contributed by atoms with Crippen LogP contribution in [0.1, 0.15) is 65.9 Å². The number of rotatable bonds is 8. The molecular weight excluding hydrogens is 536 g/mol. The Morgan fingerprint density at radius 3 is 2.54 bits per heavy atom. The Labute approximate surface area is 244 Å². The number of anilines is 1. The summed E-state index contributed by atoms with van der Waals surface area (Å²) in [6.45, 7) is 11.4. The van der Waals surface area contributed by atoms with Gasteiger partial charge in [0.15, 0.2) is 15.7 Å². The van der Waals surface area contributed by atoms with E-state index in [2.05, 4.69) is 68.0 Å². The molecule has 5 rings (SSSR count). The minimum absolute atomic E-state index is 0.0205. The largest absolute Gasteiger partial charge is 0.356 e. The first-order valence-electron chi connectivity index (χ1n) is 14.8. The van der Waals surface area contributed by atoms with Gasteiger partial charge in [-0.1, -0.05) is 39.0 Å². The lowest BCUT2D eigenvalue weighted by molar-refractivity contribution is -0.132. The topological polar surface area (TPSA) is 99.9 Å². The average Bonchev–Trinajstić information content (AvgIpc) is 3.53. The zero-order valence-electron chi connectivity index (χ0n) is 25.1. The third-order valence-corrected chi connectivity index (χ3v) is 10.9. The lowest BCUT2D eigenvalue weighted by atomic mass is 9.81. The van der Waals surface area contributed by atoms with Gasteiger partial charge in [-0.2, -0.15) is 5.10 Å². The summed E-state index contributed by atoms with van der Waals surface area (Å²) in [4.78, 5) is 23.0. The van der Waals surface area contributed by atoms with Crippen LogP contribution in [0.15, 0.2) is 53.8 Å². The molecule has 222 valence electrons. The highest BCUT2D eigenvalue weighted by Crippen LogP contribution is 2.36. The first-order valence-corrected chi connectivity index (χ1v) is 16.4. The van der Waals surface area contributed by atoms with Crippen LogP contribution in [-0.4, -0.2) is 82.2 Å². The van der Waals surface area contributed by atoms with Crippen LogP contribution in [-0.2, 0) is 20.0 Å². The molecular formula is C31H44N6O3S. The van der Waals surface area contributed by atoms with Crippen molar-refractivity contribution in [2.75, 3.05) is 24.7 Å². The van der Waals surface area contributed by atoms with E-state index >= 15 is 0 Å². The normalized spacial score (nSPS) is 24.1. The average molecular weight is 581 g/mol. The third kappa shape index (κ3) is 6.14. The number of hydrogen-bond donors (Lipinski definition) is 1. The van der Waals surface area contributed by atoms with Gasteiger partial charge in [0.25, 0.3) is 0 Å². The van der Waals surface area contributed by atoms with E-state index in [0.29, 0.717) is 29.7 Å². The highest BCUT2D eigenvalue weighted by molar-refractivity contribution is 7.91. The molecule has 0 radical (unpaired) electrons. The van der Waals surface area contributed by atoms with Gasteiger partial charge in [0.1, 0.15) is 17.9 Å². The van der Waals surface area contributed by atoms with Crippen LogP contribution in [0.3, 0.4) is 0 Å². The molecule has 0 bridgehead atoms. The summed E-state index contributed by atoms with van der Waals surface area (Å²) in [6.07, 6.45) is 6.65. The van der Waals surface area contributed by atoms with E-state index in [1.165, 1.54) is 6.33 Å². The molecule has 9 nitrogen and oxygen atoms in total. The summed E-state index contributed by atoms with van der Waals surface area (Å²) in [5, 5.41) is 7.78. The molecule has 3 heterocycles. The second kappa shape index (κ2) is 11.4. The predicted octanol–water partition coefficient (Wildman–Crippen LogP) is 4.39. The van der Waals surface area contributed by atoms with E-state index in [9.17, 15) is 13.2 Å². The zero-order chi connectivity index (χ0) is 29.5. The molecule has 3 aromatic rings. The maximum Gasteiger partial charge on any atom is 0.245 e. The summed E-state index contributed by atoms with van der Waals surface area (Å²) in [5.41, 5.74) is 1.95. The van der Waals surface area contributed by atoms with Crippen molar-refractivity contribution in [3.63, 3.8) is 0 Å². The molecule has 4 atom stereocenters. The van der Waals surface area contributed by atoms with Crippen molar-refractivity contribution in [3.8, 4) is 0 Å². The lowest BCUT2D eigenvalue weighted by Gasteiger charge is -2.44. The molecule has 0 spiro atoms. The molecule has 41 heavy (non-hydrogen) atoms. The Kier molecular flexibility index (Phi) is 8.18. The quantitative estimate of drug-likeness (QED) is 0.422. The number of nitrogens with zero attached hydrogens (tertiary/aromatic N) is 5. The summed E-state index contributed by atoms with van der Waals surface area (Å²) >= 11 is 0. The molecule has 1 aliphatic heterocycles. The van der Waals surface area contributed by atoms with Gasteiger partial charge in [0.05, 0.1) is 10.6 Å². The second-order valence-electron chi connectivity index (χ2n) is 13.1. The molecule has 2 aromatic heterocycles. The van der Waals surface area contributed by atoms with Gasteiger partial charge in [0.2, 0.25) is 5.91 Å². The molecule has 1 saturated carbocycles. The fraction of sp³-hybridized carbons (Fsp3) is 0.581. The van der Waals surface area contributed by atoms with Gasteiger partial charge in [-0.3, -0.25) is 4.79 Å². The summed E-state index contributed by atoms with van der Waals surface area (Å²) in [6, 6.07) is 10.9. The SMILES string of the molecule is CC(C)N(C)[C@@H]1CC[C@H](N2CC[C@H](Nc3ncnn4cc(C(C)(C)C)cc34)C2=O)[C@H](CS(=O)(=O)c2ccccc2)C1. The van der Waals surface area contributed by atoms with Crippen LogP contribution >= 0.6 is 0 Å². The standard InChI is InChI=1S/C31H44N6O3S/c1-21(2)35(6)24-12-13-27(22(16-24)19-41(39,40)25-10-8-7-9-11-25)36-15-14-26(30(36)38)34-29-28-17-23(31(3,4)5)18-37(28)33-20-32-29/h7-11,17-18,20-22,24,26-27H,12-16,19H2,1-6H3,(H,32,33,34)/t22-,24+,26-,27-/m0/s1. The summed E-state index contributed by atoms with van der Waals surface area (Å²) < 4.78 is 28.8. The number of sulfone groups is 1. The van der Waals surface area contributed by atoms with Gasteiger partial charge in [-0.05, 0) is 81.7 Å². The highest BCUT2D eigenvalue weighted by Gasteiger charge is 2.44. The van der Waals surface area contributed by atoms with Crippen molar-refractivity contribution in [1.29, 1.82) is 0 Å². The maximum atomic E-state index is 13.9. The van der Waals surface area contributed by atoms with Crippen LogP contribution in [0.25, 0.3) is 5.52 Å². The number of benzene rings is 1. The number of fused-ring (bicyclic) bond motifs is 1. The second-order valence-corrected chi connectivity index (χ2v) is 15.1. The van der Waals surface area contributed by atoms with E-state index in [1.54, 1.807) is 24.3 Å². The van der Waals surface area contributed by atoms with Crippen molar-refractivity contribution >= 4 is 27.1 Å². The Morgan fingerprint density at radius 2 is 1.85 bits per heavy atom. The monoisotopic (exact) mass is 580 g/mol. The maximum absolute atomic E-state index is 13.9. The molecule has 2 fully saturated rings. The van der Waals surface area contributed by atoms with Crippen molar-refractivity contribution in [2.45, 2.75) is 94.8 Å². The number of hydrogen-bond acceptors (Lipinski definition) is 7. The van der Waals surface area contributed by atoms with E-state index < -0.39 is 15.9 Å². The van der Waals surface area contributed by atoms with E-state index in [-0.39, 0.29) is 35.1 Å². The molecule has 0 unspecified atom stereocenters. The lowest BCUT2D eigenvalue weighted by Crippen LogP contribution is -2.52. The van der Waals surface area contributed by atoms with Gasteiger partial charge in [-0.15, -0.1) is 0 Å². The number of carbonyl (C=O) groups is 1. The predicted molar refractivity (Wildman–Crippen MR) is 162 cm³/mol. The molecule has 1 aromatic carbocycles. The molecule has 10 heteroatoms. The number of aromatic nitrogens is 3. The number of nitrogens with one attached hydrogen (secondary N) is 1. The first kappa shape index (κ1) is 29.5. The van der Waals surface area contributed by atoms with Gasteiger partial charge < -0.3 is 15.1 Å². The molecule has 2 aliphatic rings. The van der Waals surface area contributed by atoms with Gasteiger partial charge in [-0.25, -0.2) is 17.9 Å². The third-order valence-electron chi connectivity index (χ3n) is 9.06. The van der Waals surface area contributed by atoms with Crippen molar-refractivity contribution in [3.05, 3.63) is 54.5 Å². The zero-order valence-corrected chi connectivity index (χ0v) is 25.9. The van der Waals surface area contributed by atoms with Crippen LogP contribution in [0.2, 0.25) is 0 Å². The Hall–Kier alpha value is -2.98.